The minimum Gasteiger partial charge on any atom is -0.353 e. The van der Waals surface area contributed by atoms with Crippen molar-refractivity contribution in [2.75, 3.05) is 45.8 Å². The number of hydrogen-bond acceptors (Lipinski definition) is 4. The predicted molar refractivity (Wildman–Crippen MR) is 102 cm³/mol. The number of carbonyl (C=O) groups excluding carboxylic acids is 1. The van der Waals surface area contributed by atoms with Crippen molar-refractivity contribution in [2.45, 2.75) is 31.7 Å². The van der Waals surface area contributed by atoms with E-state index in [-0.39, 0.29) is 11.9 Å². The topological polar surface area (TPSA) is 56.4 Å². The molecule has 0 bridgehead atoms. The Morgan fingerprint density at radius 1 is 1.16 bits per heavy atom. The Bertz CT molecular complexity index is 516. The molecule has 2 unspecified atom stereocenters. The summed E-state index contributed by atoms with van der Waals surface area (Å²) in [5.74, 6) is 0.824. The molecule has 0 aromatic heterocycles. The van der Waals surface area contributed by atoms with Crippen molar-refractivity contribution in [3.05, 3.63) is 35.9 Å². The molecule has 3 N–H and O–H groups in total. The van der Waals surface area contributed by atoms with E-state index in [1.165, 1.54) is 18.4 Å². The molecule has 138 valence electrons. The van der Waals surface area contributed by atoms with Crippen LogP contribution in [0, 0.1) is 5.92 Å². The van der Waals surface area contributed by atoms with Gasteiger partial charge in [0.05, 0.1) is 6.04 Å². The number of piperazine rings is 1. The largest absolute Gasteiger partial charge is 0.353 e. The van der Waals surface area contributed by atoms with Gasteiger partial charge in [-0.1, -0.05) is 30.3 Å². The summed E-state index contributed by atoms with van der Waals surface area (Å²) in [7, 11) is 0. The van der Waals surface area contributed by atoms with Crippen molar-refractivity contribution < 1.29 is 4.79 Å². The quantitative estimate of drug-likeness (QED) is 0.691. The first kappa shape index (κ1) is 18.4. The standard InChI is InChI=1S/C20H32N4O/c25-20(23-12-15-24-13-10-21-11-14-24)19-16-18(8-9-22-19)7-6-17-4-2-1-3-5-17/h1-5,18-19,21-22H,6-16H2,(H,23,25). The molecule has 0 spiro atoms. The fraction of sp³-hybridized carbons (Fsp3) is 0.650. The minimum absolute atomic E-state index is 0.0162. The fourth-order valence-corrected chi connectivity index (χ4v) is 3.87. The van der Waals surface area contributed by atoms with Crippen LogP contribution in [0.1, 0.15) is 24.8 Å². The van der Waals surface area contributed by atoms with Gasteiger partial charge in [-0.15, -0.1) is 0 Å². The molecular weight excluding hydrogens is 312 g/mol. The SMILES string of the molecule is O=C(NCCN1CCNCC1)C1CC(CCc2ccccc2)CCN1. The lowest BCUT2D eigenvalue weighted by Gasteiger charge is -2.30. The first-order chi connectivity index (χ1) is 12.3. The summed E-state index contributed by atoms with van der Waals surface area (Å²) < 4.78 is 0. The number of carbonyl (C=O) groups is 1. The smallest absolute Gasteiger partial charge is 0.237 e. The average molecular weight is 345 g/mol. The van der Waals surface area contributed by atoms with E-state index in [1.807, 2.05) is 0 Å². The minimum atomic E-state index is -0.0162. The summed E-state index contributed by atoms with van der Waals surface area (Å²) >= 11 is 0. The number of piperidine rings is 1. The van der Waals surface area contributed by atoms with Crippen molar-refractivity contribution in [2.24, 2.45) is 5.92 Å². The van der Waals surface area contributed by atoms with E-state index in [9.17, 15) is 4.79 Å². The van der Waals surface area contributed by atoms with Gasteiger partial charge in [-0.05, 0) is 43.7 Å². The average Bonchev–Trinajstić information content (AvgIpc) is 2.68. The summed E-state index contributed by atoms with van der Waals surface area (Å²) in [6.45, 7) is 6.94. The van der Waals surface area contributed by atoms with Crippen LogP contribution in [0.3, 0.4) is 0 Å². The number of nitrogens with one attached hydrogen (secondary N) is 3. The Kier molecular flexibility index (Phi) is 7.27. The summed E-state index contributed by atoms with van der Waals surface area (Å²) in [4.78, 5) is 14.9. The van der Waals surface area contributed by atoms with E-state index in [1.54, 1.807) is 0 Å². The summed E-state index contributed by atoms with van der Waals surface area (Å²) in [5.41, 5.74) is 1.40. The molecule has 25 heavy (non-hydrogen) atoms. The second-order valence-corrected chi connectivity index (χ2v) is 7.30. The van der Waals surface area contributed by atoms with Crippen molar-refractivity contribution in [3.63, 3.8) is 0 Å². The van der Waals surface area contributed by atoms with Crippen LogP contribution in [0.4, 0.5) is 0 Å². The summed E-state index contributed by atoms with van der Waals surface area (Å²) in [6.07, 6.45) is 4.43. The van der Waals surface area contributed by atoms with Crippen molar-refractivity contribution >= 4 is 5.91 Å². The van der Waals surface area contributed by atoms with Crippen LogP contribution in [0.2, 0.25) is 0 Å². The van der Waals surface area contributed by atoms with E-state index in [0.29, 0.717) is 5.92 Å². The molecular formula is C20H32N4O. The molecule has 3 rings (SSSR count). The number of hydrogen-bond donors (Lipinski definition) is 3. The third kappa shape index (κ3) is 6.10. The second-order valence-electron chi connectivity index (χ2n) is 7.30. The van der Waals surface area contributed by atoms with Gasteiger partial charge in [-0.25, -0.2) is 0 Å². The zero-order chi connectivity index (χ0) is 17.3. The Hall–Kier alpha value is -1.43. The maximum Gasteiger partial charge on any atom is 0.237 e. The monoisotopic (exact) mass is 344 g/mol. The molecule has 2 aliphatic rings. The Morgan fingerprint density at radius 3 is 2.76 bits per heavy atom. The van der Waals surface area contributed by atoms with E-state index in [0.717, 1.165) is 58.7 Å². The van der Waals surface area contributed by atoms with Gasteiger partial charge in [-0.3, -0.25) is 9.69 Å². The highest BCUT2D eigenvalue weighted by Crippen LogP contribution is 2.22. The lowest BCUT2D eigenvalue weighted by atomic mass is 9.87. The van der Waals surface area contributed by atoms with E-state index < -0.39 is 0 Å². The second kappa shape index (κ2) is 9.90. The predicted octanol–water partition coefficient (Wildman–Crippen LogP) is 1.01. The fourth-order valence-electron chi connectivity index (χ4n) is 3.87. The molecule has 1 aromatic carbocycles. The van der Waals surface area contributed by atoms with E-state index >= 15 is 0 Å². The zero-order valence-electron chi connectivity index (χ0n) is 15.2. The highest BCUT2D eigenvalue weighted by atomic mass is 16.2. The lowest BCUT2D eigenvalue weighted by Crippen LogP contribution is -2.51. The first-order valence-corrected chi connectivity index (χ1v) is 9.79. The molecule has 0 saturated carbocycles. The molecule has 2 saturated heterocycles. The number of aryl methyl sites for hydroxylation is 1. The van der Waals surface area contributed by atoms with Gasteiger partial charge in [-0.2, -0.15) is 0 Å². The molecule has 5 heteroatoms. The Balaban J connectivity index is 1.35. The Morgan fingerprint density at radius 2 is 1.96 bits per heavy atom. The summed E-state index contributed by atoms with van der Waals surface area (Å²) in [6, 6.07) is 10.6. The van der Waals surface area contributed by atoms with Gasteiger partial charge in [0.25, 0.3) is 0 Å². The number of amides is 1. The molecule has 1 aromatic rings. The maximum absolute atomic E-state index is 12.5. The van der Waals surface area contributed by atoms with Crippen molar-refractivity contribution in [3.8, 4) is 0 Å². The molecule has 2 atom stereocenters. The molecule has 5 nitrogen and oxygen atoms in total. The molecule has 0 aliphatic carbocycles. The highest BCUT2D eigenvalue weighted by Gasteiger charge is 2.26. The Labute approximate surface area is 151 Å². The zero-order valence-corrected chi connectivity index (χ0v) is 15.2. The third-order valence-electron chi connectivity index (χ3n) is 5.45. The van der Waals surface area contributed by atoms with E-state index in [2.05, 4.69) is 51.2 Å². The molecule has 2 fully saturated rings. The van der Waals surface area contributed by atoms with Gasteiger partial charge < -0.3 is 16.0 Å². The van der Waals surface area contributed by atoms with Gasteiger partial charge in [0.2, 0.25) is 5.91 Å². The van der Waals surface area contributed by atoms with Gasteiger partial charge in [0, 0.05) is 39.3 Å². The van der Waals surface area contributed by atoms with Crippen LogP contribution >= 0.6 is 0 Å². The van der Waals surface area contributed by atoms with Crippen LogP contribution in [0.25, 0.3) is 0 Å². The molecule has 0 radical (unpaired) electrons. The lowest BCUT2D eigenvalue weighted by molar-refractivity contribution is -0.124. The van der Waals surface area contributed by atoms with Gasteiger partial charge in [0.15, 0.2) is 0 Å². The van der Waals surface area contributed by atoms with Crippen molar-refractivity contribution in [1.29, 1.82) is 0 Å². The highest BCUT2D eigenvalue weighted by molar-refractivity contribution is 5.81. The molecule has 1 amide bonds. The van der Waals surface area contributed by atoms with Gasteiger partial charge >= 0.3 is 0 Å². The third-order valence-corrected chi connectivity index (χ3v) is 5.45. The van der Waals surface area contributed by atoms with Crippen molar-refractivity contribution in [1.82, 2.24) is 20.9 Å². The number of rotatable bonds is 7. The van der Waals surface area contributed by atoms with Crippen LogP contribution in [-0.2, 0) is 11.2 Å². The first-order valence-electron chi connectivity index (χ1n) is 9.79. The number of benzene rings is 1. The number of nitrogens with zero attached hydrogens (tertiary/aromatic N) is 1. The van der Waals surface area contributed by atoms with Crippen LogP contribution in [0.15, 0.2) is 30.3 Å². The van der Waals surface area contributed by atoms with Crippen LogP contribution in [-0.4, -0.2) is 62.7 Å². The van der Waals surface area contributed by atoms with Gasteiger partial charge in [0.1, 0.15) is 0 Å². The molecule has 2 aliphatic heterocycles. The molecule has 2 heterocycles. The van der Waals surface area contributed by atoms with Crippen LogP contribution in [0.5, 0.6) is 0 Å². The van der Waals surface area contributed by atoms with E-state index in [4.69, 9.17) is 0 Å². The van der Waals surface area contributed by atoms with Crippen LogP contribution < -0.4 is 16.0 Å². The normalized spacial score (nSPS) is 24.8. The summed E-state index contributed by atoms with van der Waals surface area (Å²) in [5, 5.41) is 9.89. The maximum atomic E-state index is 12.5.